The van der Waals surface area contributed by atoms with Gasteiger partial charge in [0.1, 0.15) is 0 Å². The summed E-state index contributed by atoms with van der Waals surface area (Å²) in [5, 5.41) is 4.87. The van der Waals surface area contributed by atoms with Crippen LogP contribution in [0, 0.1) is 0 Å². The predicted octanol–water partition coefficient (Wildman–Crippen LogP) is 6.08. The van der Waals surface area contributed by atoms with Gasteiger partial charge in [0.25, 0.3) is 0 Å². The van der Waals surface area contributed by atoms with Crippen LogP contribution in [0.2, 0.25) is 36.3 Å². The van der Waals surface area contributed by atoms with Crippen molar-refractivity contribution in [3.05, 3.63) is 0 Å². The van der Waals surface area contributed by atoms with Gasteiger partial charge in [-0.3, -0.25) is 0 Å². The zero-order valence-corrected chi connectivity index (χ0v) is 17.0. The zero-order chi connectivity index (χ0) is 15.6. The van der Waals surface area contributed by atoms with Gasteiger partial charge in [-0.05, 0) is 42.7 Å². The van der Waals surface area contributed by atoms with Crippen molar-refractivity contribution in [3.63, 3.8) is 0 Å². The molecule has 0 bridgehead atoms. The lowest BCUT2D eigenvalue weighted by atomic mass is 10.5. The molecule has 0 atom stereocenters. The molecular weight excluding hydrogens is 278 g/mol. The van der Waals surface area contributed by atoms with E-state index in [2.05, 4.69) is 53.1 Å². The second kappa shape index (κ2) is 9.71. The van der Waals surface area contributed by atoms with E-state index in [9.17, 15) is 0 Å². The van der Waals surface area contributed by atoms with E-state index in [0.717, 1.165) is 6.54 Å². The Labute approximate surface area is 129 Å². The largest absolute Gasteiger partial charge is 0.307 e. The minimum absolute atomic E-state index is 1.09. The summed E-state index contributed by atoms with van der Waals surface area (Å²) in [5.74, 6) is 0. The van der Waals surface area contributed by atoms with Crippen molar-refractivity contribution in [2.45, 2.75) is 91.2 Å². The van der Waals surface area contributed by atoms with Crippen LogP contribution in [0.3, 0.4) is 0 Å². The molecule has 0 aromatic carbocycles. The Bertz CT molecular complexity index is 258. The highest BCUT2D eigenvalue weighted by atomic mass is 28.3. The van der Waals surface area contributed by atoms with Gasteiger partial charge in [0.05, 0.1) is 0 Å². The standard InChI is InChI=1S/C15H37N3Si2/c1-8-15-18(20(12-5,13-6)14-7)16-17-19(9-2,10-3)11-4/h8-15H2,1-7H3. The van der Waals surface area contributed by atoms with Gasteiger partial charge in [0, 0.05) is 6.54 Å². The van der Waals surface area contributed by atoms with E-state index < -0.39 is 16.5 Å². The predicted molar refractivity (Wildman–Crippen MR) is 96.2 cm³/mol. The molecule has 0 aromatic rings. The molecule has 0 aliphatic heterocycles. The summed E-state index contributed by atoms with van der Waals surface area (Å²) >= 11 is 0. The first-order chi connectivity index (χ1) is 9.53. The van der Waals surface area contributed by atoms with Gasteiger partial charge in [-0.1, -0.05) is 53.7 Å². The van der Waals surface area contributed by atoms with Gasteiger partial charge < -0.3 is 4.67 Å². The SMILES string of the molecule is CCCN(N=N[Si](CC)(CC)CC)[Si](CC)(CC)CC. The Morgan fingerprint density at radius 2 is 1.15 bits per heavy atom. The summed E-state index contributed by atoms with van der Waals surface area (Å²) in [7, 11) is -2.90. The maximum Gasteiger partial charge on any atom is 0.211 e. The number of rotatable bonds is 11. The quantitative estimate of drug-likeness (QED) is 0.258. The minimum atomic E-state index is -1.49. The molecule has 0 amide bonds. The molecule has 0 aliphatic carbocycles. The Morgan fingerprint density at radius 3 is 1.45 bits per heavy atom. The number of nitrogens with zero attached hydrogens (tertiary/aromatic N) is 3. The lowest BCUT2D eigenvalue weighted by molar-refractivity contribution is 0.411. The van der Waals surface area contributed by atoms with Crippen molar-refractivity contribution in [1.29, 1.82) is 0 Å². The Kier molecular flexibility index (Phi) is 9.63. The van der Waals surface area contributed by atoms with Crippen LogP contribution in [0.5, 0.6) is 0 Å². The maximum absolute atomic E-state index is 4.96. The molecule has 20 heavy (non-hydrogen) atoms. The molecule has 3 nitrogen and oxygen atoms in total. The van der Waals surface area contributed by atoms with Crippen molar-refractivity contribution in [3.8, 4) is 0 Å². The summed E-state index contributed by atoms with van der Waals surface area (Å²) in [5.41, 5.74) is 0. The van der Waals surface area contributed by atoms with Crippen LogP contribution in [0.25, 0.3) is 0 Å². The smallest absolute Gasteiger partial charge is 0.211 e. The van der Waals surface area contributed by atoms with Gasteiger partial charge in [0.15, 0.2) is 8.24 Å². The van der Waals surface area contributed by atoms with Crippen molar-refractivity contribution >= 4 is 16.5 Å². The zero-order valence-electron chi connectivity index (χ0n) is 15.0. The summed E-state index contributed by atoms with van der Waals surface area (Å²) in [6, 6.07) is 7.54. The van der Waals surface area contributed by atoms with E-state index in [4.69, 9.17) is 10.0 Å². The van der Waals surface area contributed by atoms with Crippen molar-refractivity contribution in [1.82, 2.24) is 4.67 Å². The van der Waals surface area contributed by atoms with Crippen LogP contribution in [0.4, 0.5) is 0 Å². The first-order valence-corrected chi connectivity index (χ1v) is 13.9. The fraction of sp³-hybridized carbons (Fsp3) is 1.00. The molecule has 0 N–H and O–H groups in total. The highest BCUT2D eigenvalue weighted by molar-refractivity contribution is 6.78. The van der Waals surface area contributed by atoms with E-state index in [0.29, 0.717) is 0 Å². The summed E-state index contributed by atoms with van der Waals surface area (Å²) in [4.78, 5) is 0. The molecule has 0 aromatic heterocycles. The van der Waals surface area contributed by atoms with Gasteiger partial charge in [-0.25, -0.2) is 4.78 Å². The molecule has 0 rings (SSSR count). The third kappa shape index (κ3) is 4.69. The molecule has 5 heteroatoms. The normalized spacial score (nSPS) is 13.2. The summed E-state index contributed by atoms with van der Waals surface area (Å²) in [6.07, 6.45) is 1.17. The van der Waals surface area contributed by atoms with Crippen LogP contribution >= 0.6 is 0 Å². The molecule has 0 aliphatic rings. The van der Waals surface area contributed by atoms with Crippen LogP contribution in [0.1, 0.15) is 54.9 Å². The fourth-order valence-electron chi connectivity index (χ4n) is 3.00. The Balaban J connectivity index is 5.28. The molecular formula is C15H37N3Si2. The van der Waals surface area contributed by atoms with Crippen molar-refractivity contribution in [2.24, 2.45) is 10.0 Å². The molecule has 120 valence electrons. The molecule has 0 fully saturated rings. The Hall–Kier alpha value is -0.166. The van der Waals surface area contributed by atoms with E-state index in [-0.39, 0.29) is 0 Å². The minimum Gasteiger partial charge on any atom is -0.307 e. The maximum atomic E-state index is 4.96. The third-order valence-electron chi connectivity index (χ3n) is 5.30. The van der Waals surface area contributed by atoms with Crippen LogP contribution in [0.15, 0.2) is 10.0 Å². The highest BCUT2D eigenvalue weighted by Crippen LogP contribution is 2.28. The Morgan fingerprint density at radius 1 is 0.700 bits per heavy atom. The number of hydrogen-bond donors (Lipinski definition) is 0. The molecule has 0 radical (unpaired) electrons. The van der Waals surface area contributed by atoms with E-state index >= 15 is 0 Å². The van der Waals surface area contributed by atoms with Crippen LogP contribution < -0.4 is 0 Å². The number of hydrogen-bond acceptors (Lipinski definition) is 2. The van der Waals surface area contributed by atoms with Crippen LogP contribution in [-0.2, 0) is 0 Å². The molecule has 0 unspecified atom stereocenters. The molecule has 0 heterocycles. The average molecular weight is 316 g/mol. The molecule has 0 saturated heterocycles. The van der Waals surface area contributed by atoms with E-state index in [1.807, 2.05) is 0 Å². The van der Waals surface area contributed by atoms with Gasteiger partial charge in [0.2, 0.25) is 8.24 Å². The van der Waals surface area contributed by atoms with E-state index in [1.165, 1.54) is 42.7 Å². The van der Waals surface area contributed by atoms with Crippen LogP contribution in [-0.4, -0.2) is 27.7 Å². The third-order valence-corrected chi connectivity index (χ3v) is 15.1. The first-order valence-electron chi connectivity index (χ1n) is 8.73. The summed E-state index contributed by atoms with van der Waals surface area (Å²) in [6.45, 7) is 17.3. The topological polar surface area (TPSA) is 28.0 Å². The average Bonchev–Trinajstić information content (AvgIpc) is 2.51. The van der Waals surface area contributed by atoms with Crippen molar-refractivity contribution in [2.75, 3.05) is 6.54 Å². The second-order valence-electron chi connectivity index (χ2n) is 5.88. The fourth-order valence-corrected chi connectivity index (χ4v) is 8.84. The van der Waals surface area contributed by atoms with E-state index in [1.54, 1.807) is 0 Å². The van der Waals surface area contributed by atoms with Crippen molar-refractivity contribution < 1.29 is 0 Å². The van der Waals surface area contributed by atoms with Gasteiger partial charge >= 0.3 is 0 Å². The molecule has 0 saturated carbocycles. The van der Waals surface area contributed by atoms with Gasteiger partial charge in [-0.15, -0.1) is 0 Å². The molecule has 0 spiro atoms. The lowest BCUT2D eigenvalue weighted by Gasteiger charge is -2.38. The highest BCUT2D eigenvalue weighted by Gasteiger charge is 2.35. The second-order valence-corrected chi connectivity index (χ2v) is 15.7. The lowest BCUT2D eigenvalue weighted by Crippen LogP contribution is -2.49. The first kappa shape index (κ1) is 19.8. The monoisotopic (exact) mass is 315 g/mol. The summed E-state index contributed by atoms with van der Waals surface area (Å²) < 4.78 is 7.42. The van der Waals surface area contributed by atoms with Gasteiger partial charge in [-0.2, -0.15) is 0 Å².